The van der Waals surface area contributed by atoms with Gasteiger partial charge in [-0.2, -0.15) is 0 Å². The van der Waals surface area contributed by atoms with Crippen molar-refractivity contribution in [3.63, 3.8) is 0 Å². The summed E-state index contributed by atoms with van der Waals surface area (Å²) in [7, 11) is 0. The third-order valence-electron chi connectivity index (χ3n) is 12.2. The maximum absolute atomic E-state index is 6.65. The van der Waals surface area contributed by atoms with Gasteiger partial charge in [-0.1, -0.05) is 117 Å². The topological polar surface area (TPSA) is 29.5 Å². The zero-order valence-electron chi connectivity index (χ0n) is 31.0. The molecule has 0 bridgehead atoms. The van der Waals surface area contributed by atoms with Crippen LogP contribution < -0.4 is 4.90 Å². The Morgan fingerprint density at radius 2 is 0.857 bits per heavy atom. The molecule has 1 aliphatic carbocycles. The molecule has 3 nitrogen and oxygen atoms in total. The van der Waals surface area contributed by atoms with Gasteiger partial charge in [0.15, 0.2) is 0 Å². The van der Waals surface area contributed by atoms with E-state index in [4.69, 9.17) is 8.83 Å². The minimum atomic E-state index is -0.109. The molecule has 0 aliphatic heterocycles. The molecule has 3 heteroatoms. The number of benzene rings is 9. The molecule has 0 N–H and O–H groups in total. The van der Waals surface area contributed by atoms with Crippen LogP contribution >= 0.6 is 0 Å². The highest BCUT2D eigenvalue weighted by atomic mass is 16.3. The van der Waals surface area contributed by atoms with Crippen LogP contribution in [0.3, 0.4) is 0 Å². The lowest BCUT2D eigenvalue weighted by atomic mass is 9.82. The van der Waals surface area contributed by atoms with Crippen LogP contribution in [0.25, 0.3) is 87.7 Å². The average molecular weight is 718 g/mol. The second-order valence-corrected chi connectivity index (χ2v) is 15.8. The van der Waals surface area contributed by atoms with E-state index in [0.29, 0.717) is 0 Å². The summed E-state index contributed by atoms with van der Waals surface area (Å²) < 4.78 is 13.1. The standard InChI is InChI=1S/C53H35NO2/c1-53(2)47-15-9-8-14-41(47)42-23-22-40(29-48(42)53)54(38-19-16-33(17-20-38)32-10-4-3-5-11-32)39-21-18-36-26-44-46-31-51-45(30-52(46)56-50(44)28-37(36)24-39)43-25-34-12-6-7-13-35(34)27-49(43)55-51/h3-31H,1-2H3. The van der Waals surface area contributed by atoms with Gasteiger partial charge in [0.05, 0.1) is 0 Å². The van der Waals surface area contributed by atoms with Crippen LogP contribution in [0.4, 0.5) is 17.1 Å². The summed E-state index contributed by atoms with van der Waals surface area (Å²) in [5.74, 6) is 0. The first kappa shape index (κ1) is 31.3. The van der Waals surface area contributed by atoms with Crippen molar-refractivity contribution in [1.29, 1.82) is 0 Å². The van der Waals surface area contributed by atoms with Crippen LogP contribution in [0.15, 0.2) is 185 Å². The molecule has 0 fully saturated rings. The maximum atomic E-state index is 6.65. The van der Waals surface area contributed by atoms with Crippen LogP contribution in [-0.4, -0.2) is 0 Å². The fourth-order valence-corrected chi connectivity index (χ4v) is 9.31. The summed E-state index contributed by atoms with van der Waals surface area (Å²) in [6, 6.07) is 63.7. The molecule has 0 unspecified atom stereocenters. The number of nitrogens with zero attached hydrogens (tertiary/aromatic N) is 1. The molecule has 1 aliphatic rings. The maximum Gasteiger partial charge on any atom is 0.136 e. The van der Waals surface area contributed by atoms with Crippen molar-refractivity contribution in [2.45, 2.75) is 19.3 Å². The summed E-state index contributed by atoms with van der Waals surface area (Å²) >= 11 is 0. The summed E-state index contributed by atoms with van der Waals surface area (Å²) in [4.78, 5) is 2.39. The Kier molecular flexibility index (Phi) is 6.40. The Morgan fingerprint density at radius 3 is 1.59 bits per heavy atom. The number of fused-ring (bicyclic) bond motifs is 11. The number of furan rings is 2. The van der Waals surface area contributed by atoms with Crippen LogP contribution in [0.1, 0.15) is 25.0 Å². The lowest BCUT2D eigenvalue weighted by Gasteiger charge is -2.28. The molecule has 56 heavy (non-hydrogen) atoms. The fourth-order valence-electron chi connectivity index (χ4n) is 9.31. The minimum absolute atomic E-state index is 0.109. The van der Waals surface area contributed by atoms with Crippen LogP contribution in [0.5, 0.6) is 0 Å². The molecule has 264 valence electrons. The van der Waals surface area contributed by atoms with E-state index in [9.17, 15) is 0 Å². The average Bonchev–Trinajstić information content (AvgIpc) is 3.84. The quantitative estimate of drug-likeness (QED) is 0.182. The summed E-state index contributed by atoms with van der Waals surface area (Å²) in [5, 5.41) is 8.96. The van der Waals surface area contributed by atoms with Crippen LogP contribution in [0, 0.1) is 0 Å². The third-order valence-corrected chi connectivity index (χ3v) is 12.2. The lowest BCUT2D eigenvalue weighted by Crippen LogP contribution is -2.16. The molecular formula is C53H35NO2. The Balaban J connectivity index is 1.01. The first-order chi connectivity index (χ1) is 27.5. The molecule has 0 atom stereocenters. The van der Waals surface area contributed by atoms with Gasteiger partial charge in [0, 0.05) is 44.0 Å². The van der Waals surface area contributed by atoms with Gasteiger partial charge in [0.25, 0.3) is 0 Å². The normalized spacial score (nSPS) is 13.3. The van der Waals surface area contributed by atoms with Crippen LogP contribution in [-0.2, 0) is 5.41 Å². The molecule has 0 saturated carbocycles. The Labute approximate surface area is 323 Å². The van der Waals surface area contributed by atoms with Gasteiger partial charge < -0.3 is 13.7 Å². The van der Waals surface area contributed by atoms with E-state index in [1.165, 1.54) is 44.2 Å². The highest BCUT2D eigenvalue weighted by Crippen LogP contribution is 2.51. The van der Waals surface area contributed by atoms with Gasteiger partial charge in [-0.15, -0.1) is 0 Å². The summed E-state index contributed by atoms with van der Waals surface area (Å²) in [6.45, 7) is 4.69. The summed E-state index contributed by atoms with van der Waals surface area (Å²) in [6.07, 6.45) is 0. The fraction of sp³-hybridized carbons (Fsp3) is 0.0566. The predicted molar refractivity (Wildman–Crippen MR) is 234 cm³/mol. The van der Waals surface area contributed by atoms with Gasteiger partial charge in [0.2, 0.25) is 0 Å². The van der Waals surface area contributed by atoms with E-state index in [-0.39, 0.29) is 5.41 Å². The minimum Gasteiger partial charge on any atom is -0.456 e. The monoisotopic (exact) mass is 717 g/mol. The largest absolute Gasteiger partial charge is 0.456 e. The van der Waals surface area contributed by atoms with Gasteiger partial charge in [-0.05, 0) is 128 Å². The van der Waals surface area contributed by atoms with Crippen molar-refractivity contribution in [3.8, 4) is 22.3 Å². The van der Waals surface area contributed by atoms with E-state index in [1.54, 1.807) is 0 Å². The second kappa shape index (κ2) is 11.5. The van der Waals surface area contributed by atoms with Crippen molar-refractivity contribution in [1.82, 2.24) is 0 Å². The molecule has 0 spiro atoms. The molecule has 0 radical (unpaired) electrons. The Morgan fingerprint density at radius 1 is 0.357 bits per heavy atom. The third kappa shape index (κ3) is 4.58. The van der Waals surface area contributed by atoms with Crippen molar-refractivity contribution in [2.24, 2.45) is 0 Å². The van der Waals surface area contributed by atoms with Crippen molar-refractivity contribution >= 4 is 82.5 Å². The highest BCUT2D eigenvalue weighted by Gasteiger charge is 2.35. The van der Waals surface area contributed by atoms with E-state index in [2.05, 4.69) is 195 Å². The van der Waals surface area contributed by atoms with Gasteiger partial charge in [0.1, 0.15) is 22.3 Å². The highest BCUT2D eigenvalue weighted by molar-refractivity contribution is 6.18. The zero-order chi connectivity index (χ0) is 37.1. The SMILES string of the molecule is CC1(C)c2ccccc2-c2ccc(N(c3ccc(-c4ccccc4)cc3)c3ccc4cc5c(cc4c3)oc3cc4c(cc35)oc3cc5ccccc5cc34)cc21. The lowest BCUT2D eigenvalue weighted by molar-refractivity contribution is 0.660. The molecular weight excluding hydrogens is 683 g/mol. The van der Waals surface area contributed by atoms with Crippen molar-refractivity contribution < 1.29 is 8.83 Å². The molecule has 0 amide bonds. The molecule has 9 aromatic carbocycles. The van der Waals surface area contributed by atoms with E-state index >= 15 is 0 Å². The van der Waals surface area contributed by atoms with Crippen LogP contribution in [0.2, 0.25) is 0 Å². The first-order valence-electron chi connectivity index (χ1n) is 19.3. The van der Waals surface area contributed by atoms with Crippen molar-refractivity contribution in [3.05, 3.63) is 187 Å². The molecule has 2 aromatic heterocycles. The van der Waals surface area contributed by atoms with Gasteiger partial charge in [-0.25, -0.2) is 0 Å². The molecule has 12 rings (SSSR count). The first-order valence-corrected chi connectivity index (χ1v) is 19.3. The zero-order valence-corrected chi connectivity index (χ0v) is 31.0. The summed E-state index contributed by atoms with van der Waals surface area (Å²) in [5.41, 5.74) is 14.5. The Hall–Kier alpha value is -7.10. The molecule has 2 heterocycles. The second-order valence-electron chi connectivity index (χ2n) is 15.8. The number of hydrogen-bond donors (Lipinski definition) is 0. The number of rotatable bonds is 4. The Bertz CT molecular complexity index is 3380. The van der Waals surface area contributed by atoms with Gasteiger partial charge in [-0.3, -0.25) is 0 Å². The molecule has 0 saturated heterocycles. The number of anilines is 3. The van der Waals surface area contributed by atoms with Crippen molar-refractivity contribution in [2.75, 3.05) is 4.90 Å². The van der Waals surface area contributed by atoms with E-state index < -0.39 is 0 Å². The van der Waals surface area contributed by atoms with E-state index in [1.807, 2.05) is 0 Å². The smallest absolute Gasteiger partial charge is 0.136 e. The van der Waals surface area contributed by atoms with E-state index in [0.717, 1.165) is 71.7 Å². The predicted octanol–water partition coefficient (Wildman–Crippen LogP) is 15.2. The molecule has 11 aromatic rings. The van der Waals surface area contributed by atoms with Gasteiger partial charge >= 0.3 is 0 Å². The number of hydrogen-bond acceptors (Lipinski definition) is 3.